The number of halogens is 1. The number of aromatic nitrogens is 2. The number of rotatable bonds is 3. The van der Waals surface area contributed by atoms with E-state index < -0.39 is 13.9 Å². The van der Waals surface area contributed by atoms with E-state index in [9.17, 15) is 4.79 Å². The number of likely N-dealkylation sites (tertiary alicyclic amines) is 1. The van der Waals surface area contributed by atoms with Gasteiger partial charge in [-0.2, -0.15) is 0 Å². The number of ether oxygens (including phenoxy) is 1. The lowest BCUT2D eigenvalue weighted by Crippen LogP contribution is -2.45. The molecule has 8 heteroatoms. The van der Waals surface area contributed by atoms with Gasteiger partial charge in [0.2, 0.25) is 0 Å². The summed E-state index contributed by atoms with van der Waals surface area (Å²) in [5, 5.41) is 0.127. The fraction of sp³-hybridized carbons (Fsp3) is 0.778. The first kappa shape index (κ1) is 21.7. The van der Waals surface area contributed by atoms with Crippen molar-refractivity contribution in [1.82, 2.24) is 14.9 Å². The maximum Gasteiger partial charge on any atom is 0.411 e. The summed E-state index contributed by atoms with van der Waals surface area (Å²) in [6.07, 6.45) is 2.20. The Balaban J connectivity index is 2.22. The van der Waals surface area contributed by atoms with Gasteiger partial charge in [0.05, 0.1) is 22.0 Å². The number of hydrogen-bond donors (Lipinski definition) is 1. The zero-order chi connectivity index (χ0) is 19.9. The van der Waals surface area contributed by atoms with E-state index in [1.807, 2.05) is 20.8 Å². The third-order valence-corrected chi connectivity index (χ3v) is 10.1. The molecule has 0 saturated carbocycles. The highest BCUT2D eigenvalue weighted by molar-refractivity contribution is 14.1. The zero-order valence-electron chi connectivity index (χ0n) is 17.1. The highest BCUT2D eigenvalue weighted by Crippen LogP contribution is 2.41. The van der Waals surface area contributed by atoms with Gasteiger partial charge in [-0.05, 0) is 61.5 Å². The van der Waals surface area contributed by atoms with E-state index >= 15 is 0 Å². The average molecular weight is 493 g/mol. The monoisotopic (exact) mass is 493 g/mol. The van der Waals surface area contributed by atoms with Gasteiger partial charge in [-0.1, -0.05) is 20.8 Å². The molecule has 1 aromatic rings. The lowest BCUT2D eigenvalue weighted by molar-refractivity contribution is 0.0203. The Morgan fingerprint density at radius 2 is 1.92 bits per heavy atom. The summed E-state index contributed by atoms with van der Waals surface area (Å²) >= 11 is 2.19. The summed E-state index contributed by atoms with van der Waals surface area (Å²) < 4.78 is 13.2. The van der Waals surface area contributed by atoms with Crippen molar-refractivity contribution < 1.29 is 14.0 Å². The SMILES string of the molecule is CC(C)(C)OC(=O)N1C[C@H](O[Si](C)(C)C(C)(C)C)C[C@H]1c1ncc(I)[nH]1. The van der Waals surface area contributed by atoms with Crippen LogP contribution in [0.15, 0.2) is 6.20 Å². The average Bonchev–Trinajstić information content (AvgIpc) is 3.01. The molecule has 1 aliphatic heterocycles. The minimum absolute atomic E-state index is 0.00355. The number of aromatic amines is 1. The molecule has 2 heterocycles. The Kier molecular flexibility index (Phi) is 6.19. The lowest BCUT2D eigenvalue weighted by atomic mass is 10.2. The van der Waals surface area contributed by atoms with E-state index in [1.165, 1.54) is 0 Å². The lowest BCUT2D eigenvalue weighted by Gasteiger charge is -2.38. The van der Waals surface area contributed by atoms with Gasteiger partial charge in [0.15, 0.2) is 8.32 Å². The largest absolute Gasteiger partial charge is 0.444 e. The van der Waals surface area contributed by atoms with Crippen LogP contribution in [0.5, 0.6) is 0 Å². The van der Waals surface area contributed by atoms with Crippen LogP contribution in [0, 0.1) is 3.70 Å². The van der Waals surface area contributed by atoms with Crippen LogP contribution < -0.4 is 0 Å². The molecular weight excluding hydrogens is 461 g/mol. The van der Waals surface area contributed by atoms with E-state index in [-0.39, 0.29) is 23.3 Å². The number of nitrogens with one attached hydrogen (secondary N) is 1. The van der Waals surface area contributed by atoms with Crippen molar-refractivity contribution >= 4 is 37.0 Å². The van der Waals surface area contributed by atoms with E-state index in [4.69, 9.17) is 9.16 Å². The summed E-state index contributed by atoms with van der Waals surface area (Å²) in [7, 11) is -1.92. The molecule has 0 unspecified atom stereocenters. The van der Waals surface area contributed by atoms with E-state index in [0.717, 1.165) is 15.9 Å². The molecule has 0 bridgehead atoms. The third-order valence-electron chi connectivity index (χ3n) is 5.04. The number of H-pyrrole nitrogens is 1. The second-order valence-corrected chi connectivity index (χ2v) is 15.4. The molecule has 0 spiro atoms. The van der Waals surface area contributed by atoms with Gasteiger partial charge in [-0.3, -0.25) is 4.90 Å². The molecule has 2 rings (SSSR count). The maximum atomic E-state index is 12.8. The molecular formula is C18H32IN3O3Si. The fourth-order valence-electron chi connectivity index (χ4n) is 2.74. The highest BCUT2D eigenvalue weighted by atomic mass is 127. The van der Waals surface area contributed by atoms with Gasteiger partial charge in [-0.25, -0.2) is 9.78 Å². The molecule has 1 aliphatic rings. The number of carbonyl (C=O) groups is 1. The molecule has 1 saturated heterocycles. The summed E-state index contributed by atoms with van der Waals surface area (Å²) in [6.45, 7) is 17.4. The second-order valence-electron chi connectivity index (χ2n) is 9.50. The molecule has 1 amide bonds. The first-order chi connectivity index (χ1) is 11.7. The molecule has 0 aliphatic carbocycles. The van der Waals surface area contributed by atoms with E-state index in [1.54, 1.807) is 11.1 Å². The van der Waals surface area contributed by atoms with Crippen molar-refractivity contribution in [2.75, 3.05) is 6.54 Å². The zero-order valence-corrected chi connectivity index (χ0v) is 20.3. The summed E-state index contributed by atoms with van der Waals surface area (Å²) in [4.78, 5) is 22.2. The molecule has 2 atom stereocenters. The quantitative estimate of drug-likeness (QED) is 0.471. The molecule has 148 valence electrons. The normalized spacial score (nSPS) is 22.0. The first-order valence-corrected chi connectivity index (χ1v) is 13.1. The van der Waals surface area contributed by atoms with Gasteiger partial charge < -0.3 is 14.1 Å². The van der Waals surface area contributed by atoms with Crippen molar-refractivity contribution in [2.24, 2.45) is 0 Å². The third kappa shape index (κ3) is 5.22. The maximum absolute atomic E-state index is 12.8. The number of nitrogens with zero attached hydrogens (tertiary/aromatic N) is 2. The highest BCUT2D eigenvalue weighted by Gasteiger charge is 2.45. The Morgan fingerprint density at radius 1 is 1.31 bits per heavy atom. The molecule has 1 aromatic heterocycles. The van der Waals surface area contributed by atoms with Gasteiger partial charge in [0, 0.05) is 13.0 Å². The molecule has 0 radical (unpaired) electrons. The Labute approximate surface area is 171 Å². The first-order valence-electron chi connectivity index (χ1n) is 9.07. The fourth-order valence-corrected chi connectivity index (χ4v) is 4.51. The van der Waals surface area contributed by atoms with Crippen LogP contribution in [0.4, 0.5) is 4.79 Å². The molecule has 6 nitrogen and oxygen atoms in total. The summed E-state index contributed by atoms with van der Waals surface area (Å²) in [5.41, 5.74) is -0.530. The van der Waals surface area contributed by atoms with Crippen LogP contribution in [-0.4, -0.2) is 47.5 Å². The number of amides is 1. The Morgan fingerprint density at radius 3 is 2.38 bits per heavy atom. The van der Waals surface area contributed by atoms with Gasteiger partial charge >= 0.3 is 6.09 Å². The second kappa shape index (κ2) is 7.42. The Bertz CT molecular complexity index is 649. The van der Waals surface area contributed by atoms with Gasteiger partial charge in [0.25, 0.3) is 0 Å². The number of carbonyl (C=O) groups excluding carboxylic acids is 1. The van der Waals surface area contributed by atoms with Crippen LogP contribution >= 0.6 is 22.6 Å². The smallest absolute Gasteiger partial charge is 0.411 e. The standard InChI is InChI=1S/C18H32IN3O3Si/c1-17(2,3)24-16(23)22-11-12(25-26(7,8)18(4,5)6)9-13(22)15-20-10-14(19)21-15/h10,12-13H,9,11H2,1-8H3,(H,20,21)/t12-,13+/m1/s1. The summed E-state index contributed by atoms with van der Waals surface area (Å²) in [6, 6.07) is -0.150. The van der Waals surface area contributed by atoms with Crippen LogP contribution in [0.25, 0.3) is 0 Å². The van der Waals surface area contributed by atoms with Crippen LogP contribution in [0.2, 0.25) is 18.1 Å². The van der Waals surface area contributed by atoms with Crippen molar-refractivity contribution in [1.29, 1.82) is 0 Å². The summed E-state index contributed by atoms with van der Waals surface area (Å²) in [5.74, 6) is 0.793. The van der Waals surface area contributed by atoms with Crippen molar-refractivity contribution in [3.8, 4) is 0 Å². The minimum atomic E-state index is -1.92. The van der Waals surface area contributed by atoms with Crippen LogP contribution in [-0.2, 0) is 9.16 Å². The van der Waals surface area contributed by atoms with Crippen molar-refractivity contribution in [3.05, 3.63) is 15.7 Å². The number of hydrogen-bond acceptors (Lipinski definition) is 4. The Hall–Kier alpha value is -0.613. The van der Waals surface area contributed by atoms with Crippen molar-refractivity contribution in [3.63, 3.8) is 0 Å². The molecule has 0 aromatic carbocycles. The van der Waals surface area contributed by atoms with Crippen LogP contribution in [0.1, 0.15) is 59.8 Å². The predicted molar refractivity (Wildman–Crippen MR) is 114 cm³/mol. The number of imidazole rings is 1. The minimum Gasteiger partial charge on any atom is -0.444 e. The van der Waals surface area contributed by atoms with Gasteiger partial charge in [0.1, 0.15) is 11.4 Å². The predicted octanol–water partition coefficient (Wildman–Crippen LogP) is 5.09. The van der Waals surface area contributed by atoms with Crippen molar-refractivity contribution in [2.45, 2.75) is 83.8 Å². The van der Waals surface area contributed by atoms with E-state index in [0.29, 0.717) is 6.54 Å². The molecule has 26 heavy (non-hydrogen) atoms. The van der Waals surface area contributed by atoms with Gasteiger partial charge in [-0.15, -0.1) is 0 Å². The van der Waals surface area contributed by atoms with Crippen LogP contribution in [0.3, 0.4) is 0 Å². The van der Waals surface area contributed by atoms with E-state index in [2.05, 4.69) is 66.4 Å². The molecule has 1 fully saturated rings. The molecule has 1 N–H and O–H groups in total. The topological polar surface area (TPSA) is 67.4 Å².